The summed E-state index contributed by atoms with van der Waals surface area (Å²) in [6.07, 6.45) is 1.34. The molecule has 19 heavy (non-hydrogen) atoms. The lowest BCUT2D eigenvalue weighted by molar-refractivity contribution is 0.0698. The first-order chi connectivity index (χ1) is 8.97. The summed E-state index contributed by atoms with van der Waals surface area (Å²) in [6, 6.07) is 7.31. The van der Waals surface area contributed by atoms with Gasteiger partial charge in [-0.15, -0.1) is 0 Å². The van der Waals surface area contributed by atoms with E-state index in [9.17, 15) is 4.79 Å². The number of carbonyl (C=O) groups is 1. The molecule has 0 saturated carbocycles. The summed E-state index contributed by atoms with van der Waals surface area (Å²) < 4.78 is 0. The van der Waals surface area contributed by atoms with Gasteiger partial charge in [0.25, 0.3) is 0 Å². The van der Waals surface area contributed by atoms with Gasteiger partial charge in [-0.3, -0.25) is 0 Å². The van der Waals surface area contributed by atoms with Crippen molar-refractivity contribution in [3.8, 4) is 0 Å². The van der Waals surface area contributed by atoms with Gasteiger partial charge in [0.05, 0.1) is 17.4 Å². The van der Waals surface area contributed by atoms with E-state index in [1.807, 2.05) is 32.0 Å². The van der Waals surface area contributed by atoms with Gasteiger partial charge in [0.1, 0.15) is 5.82 Å². The highest BCUT2D eigenvalue weighted by atomic mass is 16.4. The third-order valence-corrected chi connectivity index (χ3v) is 2.94. The second-order valence-electron chi connectivity index (χ2n) is 4.39. The highest BCUT2D eigenvalue weighted by Gasteiger charge is 2.09. The Hall–Kier alpha value is -2.56. The number of anilines is 3. The number of aromatic nitrogens is 1. The van der Waals surface area contributed by atoms with Crippen molar-refractivity contribution in [3.05, 3.63) is 47.2 Å². The molecule has 0 bridgehead atoms. The quantitative estimate of drug-likeness (QED) is 0.786. The zero-order chi connectivity index (χ0) is 14.0. The molecule has 0 aliphatic rings. The minimum absolute atomic E-state index is 0.0429. The first-order valence-corrected chi connectivity index (χ1v) is 5.80. The predicted octanol–water partition coefficient (Wildman–Crippen LogP) is 2.72. The number of aromatic carboxylic acids is 1. The molecule has 1 aromatic carbocycles. The third kappa shape index (κ3) is 2.82. The van der Waals surface area contributed by atoms with Crippen LogP contribution in [0.5, 0.6) is 0 Å². The van der Waals surface area contributed by atoms with Crippen molar-refractivity contribution in [2.45, 2.75) is 13.8 Å². The number of nitrogen functional groups attached to an aromatic ring is 1. The van der Waals surface area contributed by atoms with Gasteiger partial charge in [0.2, 0.25) is 0 Å². The Kier molecular flexibility index (Phi) is 3.37. The van der Waals surface area contributed by atoms with Gasteiger partial charge in [0, 0.05) is 5.69 Å². The Bertz CT molecular complexity index is 639. The van der Waals surface area contributed by atoms with E-state index in [1.54, 1.807) is 0 Å². The number of hydrogen-bond donors (Lipinski definition) is 3. The average Bonchev–Trinajstić information content (AvgIpc) is 2.36. The summed E-state index contributed by atoms with van der Waals surface area (Å²) in [5, 5.41) is 12.1. The van der Waals surface area contributed by atoms with Crippen LogP contribution in [0.3, 0.4) is 0 Å². The number of aryl methyl sites for hydroxylation is 2. The summed E-state index contributed by atoms with van der Waals surface area (Å²) in [5.74, 6) is -0.613. The number of benzene rings is 1. The van der Waals surface area contributed by atoms with E-state index in [4.69, 9.17) is 10.8 Å². The van der Waals surface area contributed by atoms with Gasteiger partial charge < -0.3 is 16.2 Å². The van der Waals surface area contributed by atoms with Gasteiger partial charge in [-0.05, 0) is 43.2 Å². The molecule has 0 saturated heterocycles. The van der Waals surface area contributed by atoms with Crippen LogP contribution in [0.2, 0.25) is 0 Å². The highest BCUT2D eigenvalue weighted by Crippen LogP contribution is 2.21. The maximum Gasteiger partial charge on any atom is 0.337 e. The van der Waals surface area contributed by atoms with Gasteiger partial charge in [-0.25, -0.2) is 9.78 Å². The minimum Gasteiger partial charge on any atom is -0.478 e. The lowest BCUT2D eigenvalue weighted by atomic mass is 10.1. The largest absolute Gasteiger partial charge is 0.478 e. The minimum atomic E-state index is -1.07. The van der Waals surface area contributed by atoms with E-state index in [-0.39, 0.29) is 11.3 Å². The third-order valence-electron chi connectivity index (χ3n) is 2.94. The van der Waals surface area contributed by atoms with Crippen molar-refractivity contribution in [3.63, 3.8) is 0 Å². The molecule has 0 fully saturated rings. The Morgan fingerprint density at radius 3 is 2.63 bits per heavy atom. The Balaban J connectivity index is 2.30. The normalized spacial score (nSPS) is 10.2. The maximum atomic E-state index is 11.0. The molecule has 0 aliphatic carbocycles. The SMILES string of the molecule is Cc1ccc(Nc2cc(C(=O)O)c(N)cn2)cc1C. The predicted molar refractivity (Wildman–Crippen MR) is 74.8 cm³/mol. The standard InChI is InChI=1S/C14H15N3O2/c1-8-3-4-10(5-9(8)2)17-13-6-11(14(18)19)12(15)7-16-13/h3-7H,15H2,1-2H3,(H,16,17)(H,18,19). The Labute approximate surface area is 111 Å². The molecule has 0 atom stereocenters. The fourth-order valence-electron chi connectivity index (χ4n) is 1.69. The number of hydrogen-bond acceptors (Lipinski definition) is 4. The molecule has 0 amide bonds. The van der Waals surface area contributed by atoms with E-state index >= 15 is 0 Å². The molecule has 2 aromatic rings. The molecule has 0 spiro atoms. The topological polar surface area (TPSA) is 88.2 Å². The molecule has 2 rings (SSSR count). The van der Waals surface area contributed by atoms with Crippen molar-refractivity contribution in [1.29, 1.82) is 0 Å². The van der Waals surface area contributed by atoms with E-state index in [0.717, 1.165) is 11.3 Å². The van der Waals surface area contributed by atoms with Crippen molar-refractivity contribution in [1.82, 2.24) is 4.98 Å². The van der Waals surface area contributed by atoms with Crippen LogP contribution < -0.4 is 11.1 Å². The van der Waals surface area contributed by atoms with Crippen molar-refractivity contribution in [2.75, 3.05) is 11.1 Å². The van der Waals surface area contributed by atoms with Gasteiger partial charge in [0.15, 0.2) is 0 Å². The van der Waals surface area contributed by atoms with E-state index < -0.39 is 5.97 Å². The number of pyridine rings is 1. The van der Waals surface area contributed by atoms with Gasteiger partial charge in [-0.2, -0.15) is 0 Å². The molecule has 98 valence electrons. The fourth-order valence-corrected chi connectivity index (χ4v) is 1.69. The summed E-state index contributed by atoms with van der Waals surface area (Å²) >= 11 is 0. The molecule has 1 aromatic heterocycles. The fraction of sp³-hybridized carbons (Fsp3) is 0.143. The van der Waals surface area contributed by atoms with E-state index in [2.05, 4.69) is 10.3 Å². The average molecular weight is 257 g/mol. The molecule has 5 heteroatoms. The number of nitrogens with two attached hydrogens (primary N) is 1. The first kappa shape index (κ1) is 12.9. The Morgan fingerprint density at radius 2 is 2.00 bits per heavy atom. The van der Waals surface area contributed by atoms with Crippen LogP contribution in [-0.4, -0.2) is 16.1 Å². The number of carboxylic acid groups (broad SMARTS) is 1. The summed E-state index contributed by atoms with van der Waals surface area (Å²) in [4.78, 5) is 15.1. The van der Waals surface area contributed by atoms with Crippen LogP contribution in [0.25, 0.3) is 0 Å². The monoisotopic (exact) mass is 257 g/mol. The van der Waals surface area contributed by atoms with Crippen molar-refractivity contribution < 1.29 is 9.90 Å². The van der Waals surface area contributed by atoms with Crippen LogP contribution in [0.4, 0.5) is 17.2 Å². The molecule has 0 aliphatic heterocycles. The summed E-state index contributed by atoms with van der Waals surface area (Å²) in [7, 11) is 0. The van der Waals surface area contributed by atoms with Crippen molar-refractivity contribution >= 4 is 23.2 Å². The molecule has 0 unspecified atom stereocenters. The lowest BCUT2D eigenvalue weighted by Crippen LogP contribution is -2.05. The second kappa shape index (κ2) is 4.97. The number of nitrogens with zero attached hydrogens (tertiary/aromatic N) is 1. The molecule has 5 nitrogen and oxygen atoms in total. The zero-order valence-corrected chi connectivity index (χ0v) is 10.8. The zero-order valence-electron chi connectivity index (χ0n) is 10.8. The van der Waals surface area contributed by atoms with Gasteiger partial charge in [-0.1, -0.05) is 6.07 Å². The summed E-state index contributed by atoms with van der Waals surface area (Å²) in [6.45, 7) is 4.04. The van der Waals surface area contributed by atoms with Gasteiger partial charge >= 0.3 is 5.97 Å². The van der Waals surface area contributed by atoms with Crippen LogP contribution in [-0.2, 0) is 0 Å². The smallest absolute Gasteiger partial charge is 0.337 e. The van der Waals surface area contributed by atoms with E-state index in [1.165, 1.54) is 17.8 Å². The molecule has 4 N–H and O–H groups in total. The lowest BCUT2D eigenvalue weighted by Gasteiger charge is -2.09. The molecular formula is C14H15N3O2. The van der Waals surface area contributed by atoms with Crippen LogP contribution in [0, 0.1) is 13.8 Å². The van der Waals surface area contributed by atoms with E-state index in [0.29, 0.717) is 5.82 Å². The maximum absolute atomic E-state index is 11.0. The highest BCUT2D eigenvalue weighted by molar-refractivity contribution is 5.94. The molecule has 0 radical (unpaired) electrons. The first-order valence-electron chi connectivity index (χ1n) is 5.80. The van der Waals surface area contributed by atoms with Crippen LogP contribution in [0.15, 0.2) is 30.5 Å². The Morgan fingerprint density at radius 1 is 1.26 bits per heavy atom. The molecular weight excluding hydrogens is 242 g/mol. The summed E-state index contributed by atoms with van der Waals surface area (Å²) in [5.41, 5.74) is 8.96. The number of nitrogens with one attached hydrogen (secondary N) is 1. The van der Waals surface area contributed by atoms with Crippen LogP contribution in [0.1, 0.15) is 21.5 Å². The van der Waals surface area contributed by atoms with Crippen LogP contribution >= 0.6 is 0 Å². The number of rotatable bonds is 3. The second-order valence-corrected chi connectivity index (χ2v) is 4.39. The number of carboxylic acids is 1. The van der Waals surface area contributed by atoms with Crippen molar-refractivity contribution in [2.24, 2.45) is 0 Å². The molecule has 1 heterocycles.